The Morgan fingerprint density at radius 2 is 2.29 bits per heavy atom. The van der Waals surface area contributed by atoms with Crippen molar-refractivity contribution in [2.75, 3.05) is 12.3 Å². The number of unbranched alkanes of at least 4 members (excludes halogenated alkanes) is 1. The van der Waals surface area contributed by atoms with Crippen LogP contribution < -0.4 is 5.32 Å². The Morgan fingerprint density at radius 3 is 2.94 bits per heavy atom. The van der Waals surface area contributed by atoms with Gasteiger partial charge in [0, 0.05) is 18.8 Å². The van der Waals surface area contributed by atoms with E-state index < -0.39 is 0 Å². The number of aryl methyl sites for hydroxylation is 1. The number of hydrogen-bond acceptors (Lipinski definition) is 4. The molecule has 0 saturated heterocycles. The molecule has 0 amide bonds. The molecule has 1 unspecified atom stereocenters. The minimum Gasteiger partial charge on any atom is -0.314 e. The van der Waals surface area contributed by atoms with E-state index >= 15 is 0 Å². The van der Waals surface area contributed by atoms with Crippen molar-refractivity contribution in [3.63, 3.8) is 0 Å². The molecule has 1 aromatic heterocycles. The zero-order valence-corrected chi connectivity index (χ0v) is 12.0. The molecule has 98 valence electrons. The van der Waals surface area contributed by atoms with Gasteiger partial charge in [-0.1, -0.05) is 25.1 Å². The SMILES string of the molecule is CCCNC(C)CCCCSc1ncnn1C. The van der Waals surface area contributed by atoms with Crippen LogP contribution in [-0.2, 0) is 7.05 Å². The molecule has 1 aromatic rings. The summed E-state index contributed by atoms with van der Waals surface area (Å²) in [4.78, 5) is 4.19. The van der Waals surface area contributed by atoms with Gasteiger partial charge in [0.25, 0.3) is 0 Å². The van der Waals surface area contributed by atoms with Crippen molar-refractivity contribution in [3.8, 4) is 0 Å². The number of nitrogens with zero attached hydrogens (tertiary/aromatic N) is 3. The largest absolute Gasteiger partial charge is 0.314 e. The van der Waals surface area contributed by atoms with Crippen molar-refractivity contribution in [2.45, 2.75) is 50.7 Å². The monoisotopic (exact) mass is 256 g/mol. The van der Waals surface area contributed by atoms with E-state index in [-0.39, 0.29) is 0 Å². The summed E-state index contributed by atoms with van der Waals surface area (Å²) < 4.78 is 1.83. The van der Waals surface area contributed by atoms with Gasteiger partial charge in [0.05, 0.1) is 0 Å². The van der Waals surface area contributed by atoms with Gasteiger partial charge in [-0.15, -0.1) is 0 Å². The highest BCUT2D eigenvalue weighted by molar-refractivity contribution is 7.99. The van der Waals surface area contributed by atoms with Gasteiger partial charge < -0.3 is 5.32 Å². The average Bonchev–Trinajstić information content (AvgIpc) is 2.72. The highest BCUT2D eigenvalue weighted by Crippen LogP contribution is 2.15. The second kappa shape index (κ2) is 8.53. The fourth-order valence-electron chi connectivity index (χ4n) is 1.63. The lowest BCUT2D eigenvalue weighted by Crippen LogP contribution is -2.26. The normalized spacial score (nSPS) is 12.9. The van der Waals surface area contributed by atoms with Crippen LogP contribution in [0.5, 0.6) is 0 Å². The van der Waals surface area contributed by atoms with Crippen molar-refractivity contribution in [2.24, 2.45) is 7.05 Å². The summed E-state index contributed by atoms with van der Waals surface area (Å²) in [5, 5.41) is 8.58. The summed E-state index contributed by atoms with van der Waals surface area (Å²) in [6.45, 7) is 5.61. The number of thioether (sulfide) groups is 1. The lowest BCUT2D eigenvalue weighted by Gasteiger charge is -2.12. The number of nitrogens with one attached hydrogen (secondary N) is 1. The average molecular weight is 256 g/mol. The van der Waals surface area contributed by atoms with Crippen LogP contribution in [0.1, 0.15) is 39.5 Å². The van der Waals surface area contributed by atoms with Crippen molar-refractivity contribution in [3.05, 3.63) is 6.33 Å². The van der Waals surface area contributed by atoms with E-state index in [1.165, 1.54) is 25.7 Å². The molecule has 0 aliphatic heterocycles. The molecule has 1 N–H and O–H groups in total. The smallest absolute Gasteiger partial charge is 0.185 e. The van der Waals surface area contributed by atoms with E-state index in [1.807, 2.05) is 11.7 Å². The molecule has 0 saturated carbocycles. The van der Waals surface area contributed by atoms with Gasteiger partial charge in [-0.2, -0.15) is 5.10 Å². The Balaban J connectivity index is 1.99. The van der Waals surface area contributed by atoms with Crippen molar-refractivity contribution < 1.29 is 0 Å². The predicted molar refractivity (Wildman–Crippen MR) is 73.3 cm³/mol. The van der Waals surface area contributed by atoms with Crippen LogP contribution in [0.2, 0.25) is 0 Å². The molecule has 0 aliphatic carbocycles. The van der Waals surface area contributed by atoms with Crippen LogP contribution in [0.4, 0.5) is 0 Å². The highest BCUT2D eigenvalue weighted by Gasteiger charge is 2.02. The molecule has 1 atom stereocenters. The molecule has 17 heavy (non-hydrogen) atoms. The highest BCUT2D eigenvalue weighted by atomic mass is 32.2. The Hall–Kier alpha value is -0.550. The molecule has 5 heteroatoms. The second-order valence-corrected chi connectivity index (χ2v) is 5.43. The number of hydrogen-bond donors (Lipinski definition) is 1. The topological polar surface area (TPSA) is 42.7 Å². The van der Waals surface area contributed by atoms with Crippen LogP contribution >= 0.6 is 11.8 Å². The summed E-state index contributed by atoms with van der Waals surface area (Å²) in [5.74, 6) is 1.13. The third-order valence-corrected chi connectivity index (χ3v) is 3.80. The molecule has 0 spiro atoms. The predicted octanol–water partition coefficient (Wildman–Crippen LogP) is 2.47. The fourth-order valence-corrected chi connectivity index (χ4v) is 2.51. The van der Waals surface area contributed by atoms with Crippen LogP contribution in [0.15, 0.2) is 11.5 Å². The van der Waals surface area contributed by atoms with E-state index in [0.29, 0.717) is 6.04 Å². The minimum atomic E-state index is 0.648. The Bertz CT molecular complexity index is 300. The Morgan fingerprint density at radius 1 is 1.47 bits per heavy atom. The summed E-state index contributed by atoms with van der Waals surface area (Å²) in [6.07, 6.45) is 6.61. The molecule has 0 fully saturated rings. The van der Waals surface area contributed by atoms with E-state index in [2.05, 4.69) is 29.2 Å². The Labute approximate surface area is 109 Å². The zero-order valence-electron chi connectivity index (χ0n) is 11.1. The van der Waals surface area contributed by atoms with Crippen LogP contribution in [0, 0.1) is 0 Å². The standard InChI is InChI=1S/C12H24N4S/c1-4-8-13-11(2)7-5-6-9-17-12-14-10-15-16(12)3/h10-11,13H,4-9H2,1-3H3. The summed E-state index contributed by atoms with van der Waals surface area (Å²) in [6, 6.07) is 0.648. The van der Waals surface area contributed by atoms with Crippen molar-refractivity contribution in [1.82, 2.24) is 20.1 Å². The molecule has 0 radical (unpaired) electrons. The molecule has 0 aromatic carbocycles. The first-order chi connectivity index (χ1) is 8.24. The van der Waals surface area contributed by atoms with Gasteiger partial charge in [0.15, 0.2) is 5.16 Å². The number of rotatable bonds is 9. The molecule has 0 aliphatic rings. The summed E-state index contributed by atoms with van der Waals surface area (Å²) in [7, 11) is 1.94. The van der Waals surface area contributed by atoms with Gasteiger partial charge in [0.1, 0.15) is 6.33 Å². The quantitative estimate of drug-likeness (QED) is 0.544. The molecule has 1 rings (SSSR count). The van der Waals surface area contributed by atoms with E-state index in [4.69, 9.17) is 0 Å². The van der Waals surface area contributed by atoms with Crippen LogP contribution in [-0.4, -0.2) is 33.1 Å². The van der Waals surface area contributed by atoms with Crippen molar-refractivity contribution in [1.29, 1.82) is 0 Å². The summed E-state index contributed by atoms with van der Waals surface area (Å²) in [5.41, 5.74) is 0. The van der Waals surface area contributed by atoms with E-state index in [0.717, 1.165) is 17.5 Å². The zero-order chi connectivity index (χ0) is 12.5. The second-order valence-electron chi connectivity index (χ2n) is 4.37. The van der Waals surface area contributed by atoms with E-state index in [1.54, 1.807) is 18.1 Å². The third kappa shape index (κ3) is 6.07. The van der Waals surface area contributed by atoms with Gasteiger partial charge >= 0.3 is 0 Å². The Kier molecular flexibility index (Phi) is 7.28. The van der Waals surface area contributed by atoms with Gasteiger partial charge in [-0.05, 0) is 32.7 Å². The fraction of sp³-hybridized carbons (Fsp3) is 0.833. The van der Waals surface area contributed by atoms with Gasteiger partial charge in [-0.25, -0.2) is 9.67 Å². The first kappa shape index (κ1) is 14.5. The van der Waals surface area contributed by atoms with Crippen LogP contribution in [0.25, 0.3) is 0 Å². The van der Waals surface area contributed by atoms with Crippen LogP contribution in [0.3, 0.4) is 0 Å². The maximum absolute atomic E-state index is 4.19. The summed E-state index contributed by atoms with van der Waals surface area (Å²) >= 11 is 1.79. The van der Waals surface area contributed by atoms with Gasteiger partial charge in [-0.3, -0.25) is 0 Å². The third-order valence-electron chi connectivity index (χ3n) is 2.68. The lowest BCUT2D eigenvalue weighted by atomic mass is 10.1. The minimum absolute atomic E-state index is 0.648. The van der Waals surface area contributed by atoms with Crippen molar-refractivity contribution >= 4 is 11.8 Å². The molecular formula is C12H24N4S. The lowest BCUT2D eigenvalue weighted by molar-refractivity contribution is 0.496. The molecule has 1 heterocycles. The molecule has 4 nitrogen and oxygen atoms in total. The van der Waals surface area contributed by atoms with Gasteiger partial charge in [0.2, 0.25) is 0 Å². The first-order valence-electron chi connectivity index (χ1n) is 6.44. The maximum Gasteiger partial charge on any atom is 0.185 e. The molecular weight excluding hydrogens is 232 g/mol. The molecule has 0 bridgehead atoms. The maximum atomic E-state index is 4.19. The van der Waals surface area contributed by atoms with E-state index in [9.17, 15) is 0 Å². The first-order valence-corrected chi connectivity index (χ1v) is 7.42. The number of aromatic nitrogens is 3.